The van der Waals surface area contributed by atoms with Gasteiger partial charge in [0.25, 0.3) is 5.56 Å². The number of hydrogen-bond donors (Lipinski definition) is 7. The average Bonchev–Trinajstić information content (AvgIpc) is 3.75. The van der Waals surface area contributed by atoms with Crippen molar-refractivity contribution < 1.29 is 56.9 Å². The van der Waals surface area contributed by atoms with E-state index in [1.807, 2.05) is 0 Å². The van der Waals surface area contributed by atoms with Crippen LogP contribution in [0.2, 0.25) is 0 Å². The van der Waals surface area contributed by atoms with Crippen LogP contribution in [-0.2, 0) is 36.9 Å². The topological polar surface area (TPSA) is 304 Å². The van der Waals surface area contributed by atoms with Crippen LogP contribution in [0.25, 0.3) is 22.2 Å². The molecule has 47 heavy (non-hydrogen) atoms. The van der Waals surface area contributed by atoms with Crippen LogP contribution < -0.4 is 17.0 Å². The Balaban J connectivity index is 1.22. The Bertz CT molecular complexity index is 2080. The molecule has 0 aromatic carbocycles. The lowest BCUT2D eigenvalue weighted by Crippen LogP contribution is -2.36. The second-order valence-electron chi connectivity index (χ2n) is 10.7. The predicted molar refractivity (Wildman–Crippen MR) is 156 cm³/mol. The summed E-state index contributed by atoms with van der Waals surface area (Å²) in [6, 6.07) is 1.52. The lowest BCUT2D eigenvalue weighted by molar-refractivity contribution is -0.168. The molecule has 4 aromatic rings. The summed E-state index contributed by atoms with van der Waals surface area (Å²) in [5, 5.41) is 22.7. The number of aromatic amines is 1. The lowest BCUT2D eigenvalue weighted by Gasteiger charge is -2.25. The van der Waals surface area contributed by atoms with Crippen LogP contribution in [0.4, 0.5) is 11.6 Å². The van der Waals surface area contributed by atoms with Gasteiger partial charge in [0, 0.05) is 18.1 Å². The van der Waals surface area contributed by atoms with E-state index in [4.69, 9.17) is 45.7 Å². The van der Waals surface area contributed by atoms with Gasteiger partial charge < -0.3 is 50.2 Å². The number of aromatic nitrogens is 6. The molecule has 0 radical (unpaired) electrons. The number of nitrogens with two attached hydrogens (primary N) is 2. The molecular formula is C24H26N8O13P2. The van der Waals surface area contributed by atoms with Gasteiger partial charge in [0.05, 0.1) is 23.9 Å². The minimum atomic E-state index is -5.15. The molecule has 10 atom stereocenters. The largest absolute Gasteiger partial charge is 0.472 e. The number of phosphoric ester groups is 1. The predicted octanol–water partition coefficient (Wildman–Crippen LogP) is -1.15. The fraction of sp³-hybridized carbons (Fsp3) is 0.417. The summed E-state index contributed by atoms with van der Waals surface area (Å²) < 4.78 is 61.9. The molecule has 250 valence electrons. The first-order valence-corrected chi connectivity index (χ1v) is 16.9. The number of hydrogen-bond acceptors (Lipinski definition) is 16. The van der Waals surface area contributed by atoms with Crippen LogP contribution in [0, 0.1) is 12.3 Å². The molecule has 0 saturated carbocycles. The zero-order chi connectivity index (χ0) is 33.4. The summed E-state index contributed by atoms with van der Waals surface area (Å²) in [4.78, 5) is 48.3. The fourth-order valence-electron chi connectivity index (χ4n) is 5.68. The van der Waals surface area contributed by atoms with E-state index in [0.717, 1.165) is 10.9 Å². The third-order valence-corrected chi connectivity index (χ3v) is 9.76. The highest BCUT2D eigenvalue weighted by atomic mass is 31.2. The van der Waals surface area contributed by atoms with Gasteiger partial charge >= 0.3 is 15.4 Å². The zero-order valence-corrected chi connectivity index (χ0v) is 25.5. The lowest BCUT2D eigenvalue weighted by atomic mass is 10.1. The van der Waals surface area contributed by atoms with Gasteiger partial charge in [-0.25, -0.2) is 14.5 Å². The number of nitrogen functional groups attached to an aromatic ring is 2. The van der Waals surface area contributed by atoms with Crippen molar-refractivity contribution in [2.75, 3.05) is 24.4 Å². The standard InChI is InChI=1S/C24H26N8O13P2/c1-2-9-5-31(18-12(9)10(25)3-4-27-18)21-14(33)16-11(42-21)6-41-47(38,39)45-17-15(34)23(40-8-46(36,37)44-16)43-22(17)32-7-28-13-19(32)29-24(26)30-20(13)35/h1,3-5,7,11,14-17,21-23,33-34H,6,8H2,(H2,25,27)(H,36,37)(H,38,39)(H3,26,29,30,35)/t11-,14?,15-,16+,17?,21-,22-,23+/m1/s1. The normalized spacial score (nSPS) is 36.4. The number of fused-ring (bicyclic) bond motifs is 5. The highest BCUT2D eigenvalue weighted by Gasteiger charge is 2.54. The van der Waals surface area contributed by atoms with E-state index >= 15 is 0 Å². The maximum Gasteiger partial charge on any atom is 0.472 e. The maximum absolute atomic E-state index is 13.3. The van der Waals surface area contributed by atoms with Gasteiger partial charge in [-0.15, -0.1) is 6.42 Å². The van der Waals surface area contributed by atoms with Crippen molar-refractivity contribution in [2.45, 2.75) is 49.3 Å². The number of terminal acetylenes is 1. The van der Waals surface area contributed by atoms with Crippen molar-refractivity contribution in [1.82, 2.24) is 29.1 Å². The smallest absolute Gasteiger partial charge is 0.398 e. The third kappa shape index (κ3) is 5.53. The summed E-state index contributed by atoms with van der Waals surface area (Å²) in [5.41, 5.74) is 11.5. The number of pyridine rings is 1. The molecule has 0 spiro atoms. The number of rotatable bonds is 2. The number of aliphatic hydroxyl groups excluding tert-OH is 2. The van der Waals surface area contributed by atoms with Gasteiger partial charge in [0.1, 0.15) is 36.2 Å². The second kappa shape index (κ2) is 11.5. The minimum absolute atomic E-state index is 0.146. The highest BCUT2D eigenvalue weighted by Crippen LogP contribution is 2.53. The molecule has 4 unspecified atom stereocenters. The third-order valence-electron chi connectivity index (χ3n) is 7.72. The van der Waals surface area contributed by atoms with Crippen LogP contribution in [0.5, 0.6) is 0 Å². The Hall–Kier alpha value is -3.74. The van der Waals surface area contributed by atoms with Crippen molar-refractivity contribution >= 4 is 49.3 Å². The van der Waals surface area contributed by atoms with E-state index in [9.17, 15) is 33.9 Å². The number of nitrogens with one attached hydrogen (secondary N) is 1. The van der Waals surface area contributed by atoms with Gasteiger partial charge in [0.2, 0.25) is 5.95 Å². The minimum Gasteiger partial charge on any atom is -0.398 e. The Kier molecular flexibility index (Phi) is 7.76. The molecule has 2 bridgehead atoms. The number of ether oxygens (including phenoxy) is 3. The Morgan fingerprint density at radius 3 is 2.60 bits per heavy atom. The highest BCUT2D eigenvalue weighted by molar-refractivity contribution is 7.52. The molecule has 3 fully saturated rings. The van der Waals surface area contributed by atoms with Crippen LogP contribution in [0.1, 0.15) is 18.0 Å². The van der Waals surface area contributed by atoms with Crippen LogP contribution in [0.3, 0.4) is 0 Å². The molecular weight excluding hydrogens is 670 g/mol. The van der Waals surface area contributed by atoms with Crippen molar-refractivity contribution in [3.05, 3.63) is 40.7 Å². The van der Waals surface area contributed by atoms with Crippen molar-refractivity contribution in [3.63, 3.8) is 0 Å². The maximum atomic E-state index is 13.3. The number of imidazole rings is 1. The summed E-state index contributed by atoms with van der Waals surface area (Å²) in [7, 11) is -9.96. The van der Waals surface area contributed by atoms with E-state index < -0.39 is 83.2 Å². The molecule has 0 amide bonds. The monoisotopic (exact) mass is 696 g/mol. The Morgan fingerprint density at radius 1 is 1.04 bits per heavy atom. The molecule has 7 rings (SSSR count). The molecule has 4 aromatic heterocycles. The molecule has 7 heterocycles. The molecule has 9 N–H and O–H groups in total. The van der Waals surface area contributed by atoms with Gasteiger partial charge in [0.15, 0.2) is 36.3 Å². The van der Waals surface area contributed by atoms with E-state index in [1.165, 1.54) is 23.0 Å². The number of phosphoric acid groups is 1. The van der Waals surface area contributed by atoms with Gasteiger partial charge in [-0.05, 0) is 6.07 Å². The molecule has 3 aliphatic rings. The van der Waals surface area contributed by atoms with Gasteiger partial charge in [-0.2, -0.15) is 4.98 Å². The van der Waals surface area contributed by atoms with Crippen molar-refractivity contribution in [3.8, 4) is 12.3 Å². The van der Waals surface area contributed by atoms with Crippen molar-refractivity contribution in [1.29, 1.82) is 0 Å². The van der Waals surface area contributed by atoms with Crippen LogP contribution in [-0.4, -0.2) is 98.8 Å². The first-order valence-electron chi connectivity index (χ1n) is 13.7. The first kappa shape index (κ1) is 31.8. The quantitative estimate of drug-likeness (QED) is 0.0961. The van der Waals surface area contributed by atoms with Crippen LogP contribution >= 0.6 is 15.4 Å². The van der Waals surface area contributed by atoms with E-state index in [1.54, 1.807) is 0 Å². The first-order chi connectivity index (χ1) is 22.3. The fourth-order valence-corrected chi connectivity index (χ4v) is 7.65. The molecule has 3 aliphatic heterocycles. The molecule has 23 heteroatoms. The SMILES string of the molecule is C#Cc1cn([C@@H]2O[C@@H]3COP(=O)(O)OC4[C@@H](O)[C@@H](OCP(=O)(O)O[C@@H]3C2O)O[C@H]4n2cnc3c(=O)[nH]c(N)nc32)c2nccc(N)c12. The number of aliphatic hydroxyl groups is 2. The number of H-pyrrole nitrogens is 1. The molecule has 0 aliphatic carbocycles. The summed E-state index contributed by atoms with van der Waals surface area (Å²) in [6.45, 7) is -0.830. The Labute approximate surface area is 262 Å². The molecule has 3 saturated heterocycles. The van der Waals surface area contributed by atoms with Crippen LogP contribution in [0.15, 0.2) is 29.6 Å². The molecule has 21 nitrogen and oxygen atoms in total. The summed E-state index contributed by atoms with van der Waals surface area (Å²) in [6.07, 6.45) is -4.65. The van der Waals surface area contributed by atoms with E-state index in [2.05, 4.69) is 25.9 Å². The van der Waals surface area contributed by atoms with E-state index in [0.29, 0.717) is 16.6 Å². The summed E-state index contributed by atoms with van der Waals surface area (Å²) >= 11 is 0. The van der Waals surface area contributed by atoms with Gasteiger partial charge in [-0.1, -0.05) is 5.92 Å². The average molecular weight is 696 g/mol. The number of nitrogens with zero attached hydrogens (tertiary/aromatic N) is 5. The van der Waals surface area contributed by atoms with Gasteiger partial charge in [-0.3, -0.25) is 32.5 Å². The zero-order valence-electron chi connectivity index (χ0n) is 23.7. The summed E-state index contributed by atoms with van der Waals surface area (Å²) in [5.74, 6) is 2.18. The van der Waals surface area contributed by atoms with Crippen molar-refractivity contribution in [2.24, 2.45) is 0 Å². The van der Waals surface area contributed by atoms with E-state index in [-0.39, 0.29) is 22.8 Å². The number of anilines is 2. The Morgan fingerprint density at radius 2 is 1.83 bits per heavy atom. The second-order valence-corrected chi connectivity index (χ2v) is 13.9.